The summed E-state index contributed by atoms with van der Waals surface area (Å²) in [7, 11) is 5.93. The topological polar surface area (TPSA) is 180 Å². The number of cyclic esters (lactones) is 2. The highest BCUT2D eigenvalue weighted by Crippen LogP contribution is 2.33. The minimum atomic E-state index is -0.846. The number of fused-ring (bicyclic) bond motifs is 2. The number of ether oxygens (including phenoxy) is 7. The van der Waals surface area contributed by atoms with Gasteiger partial charge < -0.3 is 37.6 Å². The van der Waals surface area contributed by atoms with Gasteiger partial charge in [0, 0.05) is 12.1 Å². The standard InChI is InChI=1S/C16H18O6.C11H10O5.C6H9ClO3/c1-5-21-15(17)9(2)12-7-10-6-11(19-3)8-13(20-4)14(10)16(18)22-12;1-14-7-3-6-4-9(12)16-11(13)10(6)8(5-7)15-2;1-3-10-6(9)4(2)5(7)8/h6-9H,5H2,1-4H3;3,5H,4H2,1-2H3;4H,3H2,1-2H3. The van der Waals surface area contributed by atoms with Crippen molar-refractivity contribution in [2.24, 2.45) is 5.92 Å². The van der Waals surface area contributed by atoms with Gasteiger partial charge in [-0.05, 0) is 68.4 Å². The summed E-state index contributed by atoms with van der Waals surface area (Å²) in [4.78, 5) is 67.6. The van der Waals surface area contributed by atoms with E-state index in [1.165, 1.54) is 35.4 Å². The van der Waals surface area contributed by atoms with Gasteiger partial charge >= 0.3 is 29.5 Å². The Labute approximate surface area is 281 Å². The Morgan fingerprint density at radius 3 is 1.90 bits per heavy atom. The minimum absolute atomic E-state index is 0.0502. The second-order valence-electron chi connectivity index (χ2n) is 9.78. The molecule has 0 bridgehead atoms. The van der Waals surface area contributed by atoms with Crippen molar-refractivity contribution in [3.05, 3.63) is 57.6 Å². The molecule has 15 heteroatoms. The van der Waals surface area contributed by atoms with Gasteiger partial charge in [0.05, 0.1) is 48.1 Å². The fourth-order valence-electron chi connectivity index (χ4n) is 4.16. The molecule has 2 heterocycles. The maximum Gasteiger partial charge on any atom is 0.349 e. The van der Waals surface area contributed by atoms with E-state index in [1.54, 1.807) is 51.1 Å². The third-order valence-corrected chi connectivity index (χ3v) is 7.01. The Morgan fingerprint density at radius 2 is 1.35 bits per heavy atom. The fourth-order valence-corrected chi connectivity index (χ4v) is 4.25. The maximum absolute atomic E-state index is 12.2. The summed E-state index contributed by atoms with van der Waals surface area (Å²) in [6.45, 7) is 6.96. The van der Waals surface area contributed by atoms with Gasteiger partial charge in [0.15, 0.2) is 0 Å². The third kappa shape index (κ3) is 9.94. The number of benzene rings is 2. The summed E-state index contributed by atoms with van der Waals surface area (Å²) in [6.07, 6.45) is 0.0502. The summed E-state index contributed by atoms with van der Waals surface area (Å²) in [5, 5.41) is 0.208. The van der Waals surface area contributed by atoms with E-state index in [0.717, 1.165) is 0 Å². The number of rotatable bonds is 10. The molecule has 260 valence electrons. The van der Waals surface area contributed by atoms with Crippen LogP contribution in [0.25, 0.3) is 10.8 Å². The van der Waals surface area contributed by atoms with Crippen LogP contribution in [-0.4, -0.2) is 70.8 Å². The molecule has 0 aliphatic carbocycles. The number of halogens is 1. The quantitative estimate of drug-likeness (QED) is 0.126. The van der Waals surface area contributed by atoms with Crippen LogP contribution in [0, 0.1) is 5.92 Å². The highest BCUT2D eigenvalue weighted by atomic mass is 35.5. The summed E-state index contributed by atoms with van der Waals surface area (Å²) < 4.78 is 39.8. The molecule has 1 aliphatic heterocycles. The second kappa shape index (κ2) is 18.3. The van der Waals surface area contributed by atoms with Crippen LogP contribution in [0.5, 0.6) is 23.0 Å². The van der Waals surface area contributed by atoms with Crippen LogP contribution >= 0.6 is 11.6 Å². The molecule has 14 nitrogen and oxygen atoms in total. The predicted molar refractivity (Wildman–Crippen MR) is 171 cm³/mol. The zero-order chi connectivity index (χ0) is 36.1. The number of carbonyl (C=O) groups excluding carboxylic acids is 5. The smallest absolute Gasteiger partial charge is 0.349 e. The minimum Gasteiger partial charge on any atom is -0.497 e. The number of methoxy groups -OCH3 is 4. The first-order valence-electron chi connectivity index (χ1n) is 14.5. The Balaban J connectivity index is 0.000000270. The summed E-state index contributed by atoms with van der Waals surface area (Å²) in [6, 6.07) is 8.14. The van der Waals surface area contributed by atoms with Crippen LogP contribution in [0.1, 0.15) is 55.3 Å². The van der Waals surface area contributed by atoms with Crippen LogP contribution in [0.4, 0.5) is 0 Å². The normalized spacial score (nSPS) is 12.8. The Morgan fingerprint density at radius 1 is 0.792 bits per heavy atom. The molecule has 2 aromatic carbocycles. The molecule has 0 saturated carbocycles. The van der Waals surface area contributed by atoms with Crippen LogP contribution < -0.4 is 24.6 Å². The van der Waals surface area contributed by atoms with Gasteiger partial charge in [0.1, 0.15) is 51.5 Å². The Bertz CT molecular complexity index is 1710. The van der Waals surface area contributed by atoms with E-state index in [4.69, 9.17) is 39.7 Å². The van der Waals surface area contributed by atoms with Crippen molar-refractivity contribution in [3.63, 3.8) is 0 Å². The summed E-state index contributed by atoms with van der Waals surface area (Å²) in [5.41, 5.74) is 0.295. The monoisotopic (exact) mass is 692 g/mol. The van der Waals surface area contributed by atoms with Crippen LogP contribution in [0.15, 0.2) is 39.5 Å². The number of carbonyl (C=O) groups is 5. The van der Waals surface area contributed by atoms with Gasteiger partial charge in [-0.2, -0.15) is 0 Å². The van der Waals surface area contributed by atoms with Crippen LogP contribution in [0.2, 0.25) is 0 Å². The molecule has 2 atom stereocenters. The number of hydrogen-bond donors (Lipinski definition) is 0. The van der Waals surface area contributed by atoms with E-state index in [0.29, 0.717) is 44.9 Å². The number of hydrogen-bond acceptors (Lipinski definition) is 14. The first kappa shape index (κ1) is 39.1. The van der Waals surface area contributed by atoms with Crippen molar-refractivity contribution < 1.29 is 61.5 Å². The summed E-state index contributed by atoms with van der Waals surface area (Å²) in [5.74, 6) is -1.73. The van der Waals surface area contributed by atoms with Crippen molar-refractivity contribution in [1.29, 1.82) is 0 Å². The molecule has 1 aromatic heterocycles. The van der Waals surface area contributed by atoms with E-state index in [-0.39, 0.29) is 25.4 Å². The van der Waals surface area contributed by atoms with Crippen molar-refractivity contribution in [3.8, 4) is 23.0 Å². The van der Waals surface area contributed by atoms with Gasteiger partial charge in [-0.15, -0.1) is 0 Å². The van der Waals surface area contributed by atoms with E-state index >= 15 is 0 Å². The SMILES string of the molecule is CCOC(=O)C(C)C(=O)Cl.CCOC(=O)C(C)c1cc2cc(OC)cc(OC)c2c(=O)o1.COc1cc2c(c(OC)c1)C(=O)OC(=O)C2. The molecular weight excluding hydrogens is 656 g/mol. The first-order valence-corrected chi connectivity index (χ1v) is 14.9. The molecule has 0 spiro atoms. The molecule has 4 rings (SSSR count). The summed E-state index contributed by atoms with van der Waals surface area (Å²) >= 11 is 5.02. The maximum atomic E-state index is 12.2. The zero-order valence-electron chi connectivity index (χ0n) is 27.8. The zero-order valence-corrected chi connectivity index (χ0v) is 28.5. The Kier molecular flexibility index (Phi) is 14.9. The Hall–Kier alpha value is -5.11. The van der Waals surface area contributed by atoms with Gasteiger partial charge in [0.25, 0.3) is 0 Å². The van der Waals surface area contributed by atoms with Gasteiger partial charge in [-0.25, -0.2) is 9.59 Å². The van der Waals surface area contributed by atoms with Crippen molar-refractivity contribution in [2.45, 2.75) is 40.0 Å². The highest BCUT2D eigenvalue weighted by molar-refractivity contribution is 6.65. The average Bonchev–Trinajstić information content (AvgIpc) is 3.06. The lowest BCUT2D eigenvalue weighted by molar-refractivity contribution is -0.149. The molecule has 2 unspecified atom stereocenters. The van der Waals surface area contributed by atoms with Gasteiger partial charge in [0.2, 0.25) is 5.24 Å². The van der Waals surface area contributed by atoms with Crippen molar-refractivity contribution in [2.75, 3.05) is 41.7 Å². The first-order chi connectivity index (χ1) is 22.8. The highest BCUT2D eigenvalue weighted by Gasteiger charge is 2.29. The molecule has 1 aliphatic rings. The van der Waals surface area contributed by atoms with Crippen molar-refractivity contribution in [1.82, 2.24) is 0 Å². The molecule has 48 heavy (non-hydrogen) atoms. The van der Waals surface area contributed by atoms with Crippen LogP contribution in [-0.2, 0) is 39.8 Å². The molecule has 0 saturated heterocycles. The van der Waals surface area contributed by atoms with E-state index in [2.05, 4.69) is 9.47 Å². The second-order valence-corrected chi connectivity index (χ2v) is 10.2. The molecular formula is C33H37ClO14. The lowest BCUT2D eigenvalue weighted by atomic mass is 10.0. The molecule has 0 N–H and O–H groups in total. The van der Waals surface area contributed by atoms with Gasteiger partial charge in [-0.3, -0.25) is 19.2 Å². The average molecular weight is 693 g/mol. The van der Waals surface area contributed by atoms with Gasteiger partial charge in [-0.1, -0.05) is 0 Å². The lowest BCUT2D eigenvalue weighted by Crippen LogP contribution is -2.23. The lowest BCUT2D eigenvalue weighted by Gasteiger charge is -2.17. The molecule has 3 aromatic rings. The predicted octanol–water partition coefficient (Wildman–Crippen LogP) is 4.37. The van der Waals surface area contributed by atoms with E-state index in [1.807, 2.05) is 0 Å². The molecule has 0 radical (unpaired) electrons. The third-order valence-electron chi connectivity index (χ3n) is 6.68. The number of esters is 4. The molecule has 0 fully saturated rings. The fraction of sp³-hybridized carbons (Fsp3) is 0.394. The van der Waals surface area contributed by atoms with Crippen LogP contribution in [0.3, 0.4) is 0 Å². The van der Waals surface area contributed by atoms with Crippen molar-refractivity contribution >= 4 is 51.5 Å². The van der Waals surface area contributed by atoms with E-state index in [9.17, 15) is 28.8 Å². The largest absolute Gasteiger partial charge is 0.497 e. The van der Waals surface area contributed by atoms with E-state index < -0.39 is 46.6 Å². The molecule has 0 amide bonds.